The Bertz CT molecular complexity index is 1120. The standard InChI is InChI=1S/C20H20F5N7/c21-16(22)11-32-19-14(6-27-32)26-7-18(29-19)30-5-4-12-8-31(10-13(12)9-30)17-3-1-2-15(28-17)20(23,24)25/h1-3,6-7,12-13,16H,4-5,8-11H2/t12-,13-/m1/s1. The number of piperidine rings is 1. The molecule has 0 bridgehead atoms. The van der Waals surface area contributed by atoms with Crippen molar-refractivity contribution in [2.75, 3.05) is 36.0 Å². The van der Waals surface area contributed by atoms with E-state index in [1.165, 1.54) is 12.3 Å². The van der Waals surface area contributed by atoms with E-state index in [4.69, 9.17) is 0 Å². The third-order valence-corrected chi connectivity index (χ3v) is 6.12. The van der Waals surface area contributed by atoms with E-state index in [1.807, 2.05) is 4.90 Å². The molecule has 0 spiro atoms. The Balaban J connectivity index is 1.32. The third-order valence-electron chi connectivity index (χ3n) is 6.12. The maximum Gasteiger partial charge on any atom is 0.433 e. The quantitative estimate of drug-likeness (QED) is 0.564. The van der Waals surface area contributed by atoms with Crippen LogP contribution in [-0.2, 0) is 12.7 Å². The van der Waals surface area contributed by atoms with Crippen LogP contribution in [0.25, 0.3) is 11.2 Å². The monoisotopic (exact) mass is 453 g/mol. The van der Waals surface area contributed by atoms with Crippen LogP contribution in [0.1, 0.15) is 12.1 Å². The van der Waals surface area contributed by atoms with Crippen LogP contribution in [0.5, 0.6) is 0 Å². The Morgan fingerprint density at radius 2 is 1.75 bits per heavy atom. The number of hydrogen-bond acceptors (Lipinski definition) is 6. The van der Waals surface area contributed by atoms with Crippen molar-refractivity contribution in [2.45, 2.75) is 25.6 Å². The molecule has 0 aromatic carbocycles. The van der Waals surface area contributed by atoms with E-state index in [-0.39, 0.29) is 5.92 Å². The van der Waals surface area contributed by atoms with Crippen LogP contribution in [0.2, 0.25) is 0 Å². The van der Waals surface area contributed by atoms with Gasteiger partial charge in [-0.2, -0.15) is 18.3 Å². The lowest BCUT2D eigenvalue weighted by Crippen LogP contribution is -2.40. The molecule has 2 atom stereocenters. The second-order valence-corrected chi connectivity index (χ2v) is 8.19. The van der Waals surface area contributed by atoms with E-state index >= 15 is 0 Å². The molecule has 2 aliphatic rings. The second-order valence-electron chi connectivity index (χ2n) is 8.19. The Morgan fingerprint density at radius 3 is 2.53 bits per heavy atom. The molecule has 0 amide bonds. The number of anilines is 2. The molecule has 2 aliphatic heterocycles. The minimum absolute atomic E-state index is 0.226. The fourth-order valence-corrected chi connectivity index (χ4v) is 4.58. The van der Waals surface area contributed by atoms with E-state index < -0.39 is 24.8 Å². The lowest BCUT2D eigenvalue weighted by molar-refractivity contribution is -0.141. The van der Waals surface area contributed by atoms with Gasteiger partial charge in [0.05, 0.1) is 12.4 Å². The molecular weight excluding hydrogens is 433 g/mol. The fraction of sp³-hybridized carbons (Fsp3) is 0.500. The summed E-state index contributed by atoms with van der Waals surface area (Å²) < 4.78 is 65.8. The zero-order chi connectivity index (χ0) is 22.5. The van der Waals surface area contributed by atoms with Crippen LogP contribution >= 0.6 is 0 Å². The highest BCUT2D eigenvalue weighted by molar-refractivity contribution is 5.71. The molecule has 0 aliphatic carbocycles. The summed E-state index contributed by atoms with van der Waals surface area (Å²) >= 11 is 0. The minimum Gasteiger partial charge on any atom is -0.356 e. The maximum absolute atomic E-state index is 13.0. The summed E-state index contributed by atoms with van der Waals surface area (Å²) in [4.78, 5) is 16.6. The minimum atomic E-state index is -4.48. The summed E-state index contributed by atoms with van der Waals surface area (Å²) in [5, 5.41) is 3.94. The Hall–Kier alpha value is -3.05. The van der Waals surface area contributed by atoms with Crippen LogP contribution in [0.4, 0.5) is 33.6 Å². The molecule has 3 aromatic rings. The van der Waals surface area contributed by atoms with Crippen molar-refractivity contribution in [1.29, 1.82) is 0 Å². The molecule has 3 aromatic heterocycles. The van der Waals surface area contributed by atoms with E-state index in [2.05, 4.69) is 25.0 Å². The summed E-state index contributed by atoms with van der Waals surface area (Å²) in [5.74, 6) is 1.48. The zero-order valence-electron chi connectivity index (χ0n) is 16.9. The molecule has 0 saturated carbocycles. The van der Waals surface area contributed by atoms with Gasteiger partial charge in [0.2, 0.25) is 0 Å². The van der Waals surface area contributed by atoms with E-state index in [0.29, 0.717) is 54.9 Å². The molecule has 12 heteroatoms. The number of alkyl halides is 5. The molecule has 0 N–H and O–H groups in total. The predicted octanol–water partition coefficient (Wildman–Crippen LogP) is 3.47. The molecule has 0 unspecified atom stereocenters. The normalized spacial score (nSPS) is 21.6. The largest absolute Gasteiger partial charge is 0.433 e. The Kier molecular flexibility index (Phi) is 5.09. The van der Waals surface area contributed by atoms with Crippen LogP contribution in [0.3, 0.4) is 0 Å². The molecule has 2 fully saturated rings. The topological polar surface area (TPSA) is 63.0 Å². The lowest BCUT2D eigenvalue weighted by atomic mass is 9.89. The zero-order valence-corrected chi connectivity index (χ0v) is 16.9. The molecule has 32 heavy (non-hydrogen) atoms. The number of aromatic nitrogens is 5. The van der Waals surface area contributed by atoms with Crippen LogP contribution in [0.15, 0.2) is 30.6 Å². The first-order valence-electron chi connectivity index (χ1n) is 10.3. The van der Waals surface area contributed by atoms with Crippen molar-refractivity contribution in [1.82, 2.24) is 24.7 Å². The number of halogens is 5. The van der Waals surface area contributed by atoms with Crippen molar-refractivity contribution in [3.05, 3.63) is 36.3 Å². The van der Waals surface area contributed by atoms with Gasteiger partial charge in [-0.1, -0.05) is 6.07 Å². The van der Waals surface area contributed by atoms with Crippen molar-refractivity contribution < 1.29 is 22.0 Å². The van der Waals surface area contributed by atoms with Gasteiger partial charge in [0.1, 0.15) is 29.4 Å². The third kappa shape index (κ3) is 3.93. The smallest absolute Gasteiger partial charge is 0.356 e. The molecule has 0 radical (unpaired) electrons. The van der Waals surface area contributed by atoms with E-state index in [0.717, 1.165) is 17.2 Å². The van der Waals surface area contributed by atoms with Crippen molar-refractivity contribution in [3.63, 3.8) is 0 Å². The van der Waals surface area contributed by atoms with Crippen molar-refractivity contribution in [2.24, 2.45) is 11.8 Å². The first-order valence-corrected chi connectivity index (χ1v) is 10.3. The SMILES string of the molecule is FC(F)Cn1ncc2ncc(N3CC[C@@H]4CN(c5cccc(C(F)(F)F)n5)C[C@H]4C3)nc21. The van der Waals surface area contributed by atoms with Gasteiger partial charge >= 0.3 is 6.18 Å². The van der Waals surface area contributed by atoms with Gasteiger partial charge < -0.3 is 9.80 Å². The predicted molar refractivity (Wildman–Crippen MR) is 107 cm³/mol. The summed E-state index contributed by atoms with van der Waals surface area (Å²) in [6, 6.07) is 3.96. The summed E-state index contributed by atoms with van der Waals surface area (Å²) in [6.07, 6.45) is -3.16. The van der Waals surface area contributed by atoms with Crippen molar-refractivity contribution in [3.8, 4) is 0 Å². The number of rotatable bonds is 4. The van der Waals surface area contributed by atoms with Gasteiger partial charge in [-0.05, 0) is 30.4 Å². The summed E-state index contributed by atoms with van der Waals surface area (Å²) in [6.45, 7) is 2.05. The summed E-state index contributed by atoms with van der Waals surface area (Å²) in [5.41, 5.74) is -0.131. The highest BCUT2D eigenvalue weighted by atomic mass is 19.4. The number of fused-ring (bicyclic) bond motifs is 2. The fourth-order valence-electron chi connectivity index (χ4n) is 4.58. The Labute approximate surface area is 179 Å². The van der Waals surface area contributed by atoms with E-state index in [9.17, 15) is 22.0 Å². The van der Waals surface area contributed by atoms with Gasteiger partial charge in [-0.25, -0.2) is 28.4 Å². The first-order chi connectivity index (χ1) is 15.3. The lowest BCUT2D eigenvalue weighted by Gasteiger charge is -2.34. The van der Waals surface area contributed by atoms with Crippen LogP contribution in [0, 0.1) is 11.8 Å². The highest BCUT2D eigenvalue weighted by Crippen LogP contribution is 2.36. The molecule has 5 heterocycles. The van der Waals surface area contributed by atoms with Gasteiger partial charge in [0.15, 0.2) is 5.65 Å². The van der Waals surface area contributed by atoms with Crippen molar-refractivity contribution >= 4 is 22.8 Å². The molecular formula is C20H20F5N7. The van der Waals surface area contributed by atoms with Gasteiger partial charge in [-0.15, -0.1) is 0 Å². The average Bonchev–Trinajstić information content (AvgIpc) is 3.36. The average molecular weight is 453 g/mol. The highest BCUT2D eigenvalue weighted by Gasteiger charge is 2.39. The van der Waals surface area contributed by atoms with Crippen LogP contribution in [-0.4, -0.2) is 57.3 Å². The maximum atomic E-state index is 13.0. The Morgan fingerprint density at radius 1 is 0.969 bits per heavy atom. The molecule has 7 nitrogen and oxygen atoms in total. The number of hydrogen-bond donors (Lipinski definition) is 0. The van der Waals surface area contributed by atoms with Gasteiger partial charge in [0.25, 0.3) is 6.43 Å². The van der Waals surface area contributed by atoms with Gasteiger partial charge in [0, 0.05) is 26.2 Å². The van der Waals surface area contributed by atoms with E-state index in [1.54, 1.807) is 12.3 Å². The van der Waals surface area contributed by atoms with Gasteiger partial charge in [-0.3, -0.25) is 0 Å². The second kappa shape index (κ2) is 7.82. The molecule has 170 valence electrons. The number of pyridine rings is 1. The molecule has 5 rings (SSSR count). The number of nitrogens with zero attached hydrogens (tertiary/aromatic N) is 7. The molecule has 2 saturated heterocycles. The van der Waals surface area contributed by atoms with Crippen LogP contribution < -0.4 is 9.80 Å². The summed E-state index contributed by atoms with van der Waals surface area (Å²) in [7, 11) is 0. The first kappa shape index (κ1) is 20.8.